The van der Waals surface area contributed by atoms with Crippen molar-refractivity contribution in [3.05, 3.63) is 35.5 Å². The van der Waals surface area contributed by atoms with Crippen LogP contribution in [0.4, 0.5) is 0 Å². The molecule has 1 aromatic carbocycles. The third kappa shape index (κ3) is 2.07. The first-order valence-corrected chi connectivity index (χ1v) is 7.21. The van der Waals surface area contributed by atoms with Crippen LogP contribution in [0.5, 0.6) is 0 Å². The van der Waals surface area contributed by atoms with Gasteiger partial charge in [-0.05, 0) is 51.0 Å². The van der Waals surface area contributed by atoms with Crippen molar-refractivity contribution < 1.29 is 0 Å². The predicted molar refractivity (Wildman–Crippen MR) is 80.3 cm³/mol. The molecule has 0 radical (unpaired) electrons. The average Bonchev–Trinajstić information content (AvgIpc) is 2.81. The molecule has 1 aliphatic heterocycles. The molecule has 3 nitrogen and oxygen atoms in total. The van der Waals surface area contributed by atoms with E-state index in [1.807, 2.05) is 0 Å². The molecule has 1 aliphatic rings. The summed E-state index contributed by atoms with van der Waals surface area (Å²) in [6, 6.07) is 8.54. The van der Waals surface area contributed by atoms with Gasteiger partial charge in [-0.2, -0.15) is 0 Å². The quantitative estimate of drug-likeness (QED) is 0.868. The van der Waals surface area contributed by atoms with Crippen molar-refractivity contribution >= 4 is 10.9 Å². The Morgan fingerprint density at radius 3 is 2.63 bits per heavy atom. The number of para-hydroxylation sites is 1. The van der Waals surface area contributed by atoms with Gasteiger partial charge in [0.05, 0.1) is 5.54 Å². The molecular formula is C16H23N3. The average molecular weight is 257 g/mol. The highest BCUT2D eigenvalue weighted by Gasteiger charge is 2.34. The smallest absolute Gasteiger partial charge is 0.0589 e. The molecule has 0 spiro atoms. The molecule has 0 unspecified atom stereocenters. The van der Waals surface area contributed by atoms with E-state index in [0.29, 0.717) is 0 Å². The Hall–Kier alpha value is -1.32. The maximum Gasteiger partial charge on any atom is 0.0589 e. The van der Waals surface area contributed by atoms with Crippen molar-refractivity contribution in [1.82, 2.24) is 9.88 Å². The van der Waals surface area contributed by atoms with Crippen molar-refractivity contribution in [2.24, 2.45) is 5.73 Å². The molecule has 0 atom stereocenters. The molecule has 3 rings (SSSR count). The van der Waals surface area contributed by atoms with Crippen LogP contribution in [-0.4, -0.2) is 30.0 Å². The van der Waals surface area contributed by atoms with Gasteiger partial charge in [0.15, 0.2) is 0 Å². The number of hydrogen-bond donors (Lipinski definition) is 2. The van der Waals surface area contributed by atoms with Gasteiger partial charge in [0.2, 0.25) is 0 Å². The van der Waals surface area contributed by atoms with E-state index < -0.39 is 0 Å². The number of aryl methyl sites for hydroxylation is 1. The first-order valence-electron chi connectivity index (χ1n) is 7.21. The summed E-state index contributed by atoms with van der Waals surface area (Å²) in [6.07, 6.45) is 3.10. The molecule has 1 saturated heterocycles. The van der Waals surface area contributed by atoms with E-state index in [-0.39, 0.29) is 5.54 Å². The second-order valence-electron chi connectivity index (χ2n) is 5.84. The maximum atomic E-state index is 6.72. The van der Waals surface area contributed by atoms with Crippen LogP contribution >= 0.6 is 0 Å². The van der Waals surface area contributed by atoms with Gasteiger partial charge in [0.1, 0.15) is 0 Å². The number of hydrogen-bond acceptors (Lipinski definition) is 2. The van der Waals surface area contributed by atoms with E-state index in [4.69, 9.17) is 5.73 Å². The Bertz CT molecular complexity index is 577. The number of H-pyrrole nitrogens is 1. The van der Waals surface area contributed by atoms with Crippen molar-refractivity contribution in [2.45, 2.75) is 31.7 Å². The van der Waals surface area contributed by atoms with Crippen LogP contribution in [0, 0.1) is 0 Å². The van der Waals surface area contributed by atoms with Crippen LogP contribution in [0.2, 0.25) is 0 Å². The molecule has 3 heteroatoms. The second-order valence-corrected chi connectivity index (χ2v) is 5.84. The maximum absolute atomic E-state index is 6.72. The summed E-state index contributed by atoms with van der Waals surface area (Å²) in [4.78, 5) is 5.96. The van der Waals surface area contributed by atoms with Gasteiger partial charge in [-0.1, -0.05) is 25.1 Å². The minimum Gasteiger partial charge on any atom is -0.357 e. The van der Waals surface area contributed by atoms with Gasteiger partial charge in [0.25, 0.3) is 0 Å². The van der Waals surface area contributed by atoms with Crippen molar-refractivity contribution in [3.8, 4) is 0 Å². The second kappa shape index (κ2) is 4.66. The van der Waals surface area contributed by atoms with Crippen LogP contribution in [0.3, 0.4) is 0 Å². The summed E-state index contributed by atoms with van der Waals surface area (Å²) in [5.41, 5.74) is 10.4. The molecule has 0 aliphatic carbocycles. The van der Waals surface area contributed by atoms with Gasteiger partial charge in [-0.25, -0.2) is 0 Å². The Labute approximate surface area is 114 Å². The molecule has 2 aromatic rings. The molecule has 19 heavy (non-hydrogen) atoms. The molecule has 2 heterocycles. The molecule has 1 fully saturated rings. The lowest BCUT2D eigenvalue weighted by atomic mass is 9.83. The summed E-state index contributed by atoms with van der Waals surface area (Å²) in [5.74, 6) is 0. The highest BCUT2D eigenvalue weighted by molar-refractivity contribution is 5.85. The Morgan fingerprint density at radius 1 is 1.26 bits per heavy atom. The molecule has 1 aromatic heterocycles. The predicted octanol–water partition coefficient (Wildman–Crippen LogP) is 2.61. The van der Waals surface area contributed by atoms with Gasteiger partial charge in [-0.3, -0.25) is 0 Å². The first kappa shape index (κ1) is 12.7. The van der Waals surface area contributed by atoms with E-state index in [0.717, 1.165) is 32.4 Å². The number of aromatic amines is 1. The standard InChI is InChI=1S/C16H23N3/c1-3-12-13-6-4-5-7-14(13)18-15(12)16(17)8-10-19(2)11-9-16/h4-7,18H,3,8-11,17H2,1-2H3. The first-order chi connectivity index (χ1) is 9.14. The number of fused-ring (bicyclic) bond motifs is 1. The van der Waals surface area contributed by atoms with E-state index in [9.17, 15) is 0 Å². The fourth-order valence-corrected chi connectivity index (χ4v) is 3.26. The van der Waals surface area contributed by atoms with Gasteiger partial charge < -0.3 is 15.6 Å². The molecule has 0 bridgehead atoms. The SMILES string of the molecule is CCc1c(C2(N)CCN(C)CC2)[nH]c2ccccc12. The van der Waals surface area contributed by atoms with E-state index in [2.05, 4.69) is 48.1 Å². The largest absolute Gasteiger partial charge is 0.357 e. The molecular weight excluding hydrogens is 234 g/mol. The molecule has 0 saturated carbocycles. The summed E-state index contributed by atoms with van der Waals surface area (Å²) in [7, 11) is 2.17. The lowest BCUT2D eigenvalue weighted by molar-refractivity contribution is 0.188. The number of likely N-dealkylation sites (tertiary alicyclic amines) is 1. The highest BCUT2D eigenvalue weighted by atomic mass is 15.1. The number of benzene rings is 1. The third-order valence-electron chi connectivity index (χ3n) is 4.54. The number of aromatic nitrogens is 1. The normalized spacial score (nSPS) is 19.9. The zero-order chi connectivity index (χ0) is 13.5. The minimum atomic E-state index is -0.184. The van der Waals surface area contributed by atoms with Crippen LogP contribution in [0.25, 0.3) is 10.9 Å². The minimum absolute atomic E-state index is 0.184. The number of rotatable bonds is 2. The Kier molecular flexibility index (Phi) is 3.11. The van der Waals surface area contributed by atoms with E-state index >= 15 is 0 Å². The summed E-state index contributed by atoms with van der Waals surface area (Å²) in [5, 5.41) is 1.34. The van der Waals surface area contributed by atoms with Gasteiger partial charge >= 0.3 is 0 Å². The van der Waals surface area contributed by atoms with Crippen LogP contribution < -0.4 is 5.73 Å². The number of piperidine rings is 1. The molecule has 0 amide bonds. The highest BCUT2D eigenvalue weighted by Crippen LogP contribution is 2.35. The number of nitrogens with one attached hydrogen (secondary N) is 1. The van der Waals surface area contributed by atoms with Crippen molar-refractivity contribution in [3.63, 3.8) is 0 Å². The molecule has 3 N–H and O–H groups in total. The Morgan fingerprint density at radius 2 is 1.95 bits per heavy atom. The van der Waals surface area contributed by atoms with Crippen molar-refractivity contribution in [1.29, 1.82) is 0 Å². The van der Waals surface area contributed by atoms with Gasteiger partial charge in [-0.15, -0.1) is 0 Å². The van der Waals surface area contributed by atoms with Crippen LogP contribution in [0.15, 0.2) is 24.3 Å². The Balaban J connectivity index is 2.09. The monoisotopic (exact) mass is 257 g/mol. The number of nitrogens with two attached hydrogens (primary N) is 1. The number of nitrogens with zero attached hydrogens (tertiary/aromatic N) is 1. The summed E-state index contributed by atoms with van der Waals surface area (Å²) < 4.78 is 0. The topological polar surface area (TPSA) is 45.0 Å². The van der Waals surface area contributed by atoms with Gasteiger partial charge in [0, 0.05) is 16.6 Å². The molecule has 102 valence electrons. The third-order valence-corrected chi connectivity index (χ3v) is 4.54. The summed E-state index contributed by atoms with van der Waals surface area (Å²) in [6.45, 7) is 4.38. The fraction of sp³-hybridized carbons (Fsp3) is 0.500. The van der Waals surface area contributed by atoms with E-state index in [1.165, 1.54) is 22.2 Å². The lowest BCUT2D eigenvalue weighted by Gasteiger charge is -2.37. The van der Waals surface area contributed by atoms with Crippen LogP contribution in [0.1, 0.15) is 31.0 Å². The van der Waals surface area contributed by atoms with Crippen LogP contribution in [-0.2, 0) is 12.0 Å². The van der Waals surface area contributed by atoms with Crippen molar-refractivity contribution in [2.75, 3.05) is 20.1 Å². The van der Waals surface area contributed by atoms with E-state index in [1.54, 1.807) is 0 Å². The fourth-order valence-electron chi connectivity index (χ4n) is 3.26. The summed E-state index contributed by atoms with van der Waals surface area (Å²) >= 11 is 0. The lowest BCUT2D eigenvalue weighted by Crippen LogP contribution is -2.47. The zero-order valence-electron chi connectivity index (χ0n) is 11.9. The zero-order valence-corrected chi connectivity index (χ0v) is 11.9.